The summed E-state index contributed by atoms with van der Waals surface area (Å²) in [7, 11) is 3.93. The highest BCUT2D eigenvalue weighted by Crippen LogP contribution is 2.29. The summed E-state index contributed by atoms with van der Waals surface area (Å²) >= 11 is 6.11. The molecule has 0 fully saturated rings. The van der Waals surface area contributed by atoms with E-state index in [1.54, 1.807) is 6.07 Å². The molecule has 98 valence electrons. The fraction of sp³-hybridized carbons (Fsp3) is 0.286. The van der Waals surface area contributed by atoms with Gasteiger partial charge in [-0.15, -0.1) is 0 Å². The number of nitrogens with zero attached hydrogens (tertiary/aromatic N) is 3. The Bertz CT molecular complexity index is 746. The molecule has 0 bridgehead atoms. The van der Waals surface area contributed by atoms with Crippen molar-refractivity contribution < 1.29 is 0 Å². The quantitative estimate of drug-likeness (QED) is 0.802. The van der Waals surface area contributed by atoms with Gasteiger partial charge in [0.25, 0.3) is 5.56 Å². The van der Waals surface area contributed by atoms with Crippen LogP contribution in [0.4, 0.5) is 0 Å². The Balaban J connectivity index is 2.35. The lowest BCUT2D eigenvalue weighted by atomic mass is 10.2. The van der Waals surface area contributed by atoms with E-state index in [-0.39, 0.29) is 5.56 Å². The molecule has 2 heterocycles. The molecule has 0 unspecified atom stereocenters. The van der Waals surface area contributed by atoms with E-state index in [1.165, 1.54) is 0 Å². The second-order valence-corrected chi connectivity index (χ2v) is 5.30. The van der Waals surface area contributed by atoms with Gasteiger partial charge >= 0.3 is 0 Å². The summed E-state index contributed by atoms with van der Waals surface area (Å²) in [5, 5.41) is 0.981. The normalized spacial score (nSPS) is 16.1. The highest BCUT2D eigenvalue weighted by atomic mass is 35.5. The maximum atomic E-state index is 12.1. The Hall–Kier alpha value is -1.81. The summed E-state index contributed by atoms with van der Waals surface area (Å²) in [6.07, 6.45) is 2.90. The number of allylic oxidation sites excluding steroid dienone is 1. The van der Waals surface area contributed by atoms with Crippen LogP contribution in [-0.2, 0) is 6.54 Å². The van der Waals surface area contributed by atoms with Gasteiger partial charge in [0, 0.05) is 32.4 Å². The molecule has 0 aliphatic carbocycles. The molecule has 5 heteroatoms. The summed E-state index contributed by atoms with van der Waals surface area (Å²) in [6.45, 7) is 0.832. The Labute approximate surface area is 115 Å². The first-order chi connectivity index (χ1) is 9.08. The van der Waals surface area contributed by atoms with E-state index < -0.39 is 0 Å². The SMILES string of the molecule is CN(C)/C=C1\CCn2c1nc(=O)c1c(Cl)cccc12. The van der Waals surface area contributed by atoms with Crippen molar-refractivity contribution in [1.82, 2.24) is 14.5 Å². The molecule has 2 aromatic rings. The van der Waals surface area contributed by atoms with Crippen LogP contribution >= 0.6 is 11.6 Å². The van der Waals surface area contributed by atoms with Crippen LogP contribution in [0.3, 0.4) is 0 Å². The van der Waals surface area contributed by atoms with Gasteiger partial charge in [-0.1, -0.05) is 17.7 Å². The van der Waals surface area contributed by atoms with E-state index in [9.17, 15) is 4.79 Å². The Morgan fingerprint density at radius 3 is 2.95 bits per heavy atom. The standard InChI is InChI=1S/C14H14ClN3O/c1-17(2)8-9-6-7-18-11-5-3-4-10(15)12(11)14(19)16-13(9)18/h3-5,8H,6-7H2,1-2H3/b9-8+. The van der Waals surface area contributed by atoms with Crippen LogP contribution < -0.4 is 5.56 Å². The number of aryl methyl sites for hydroxylation is 1. The number of aromatic nitrogens is 2. The summed E-state index contributed by atoms with van der Waals surface area (Å²) in [5.74, 6) is 0.758. The van der Waals surface area contributed by atoms with Gasteiger partial charge < -0.3 is 9.47 Å². The van der Waals surface area contributed by atoms with Crippen LogP contribution in [0.2, 0.25) is 5.02 Å². The first-order valence-electron chi connectivity index (χ1n) is 6.14. The predicted octanol–water partition coefficient (Wildman–Crippen LogP) is 2.36. The lowest BCUT2D eigenvalue weighted by Gasteiger charge is -2.10. The summed E-state index contributed by atoms with van der Waals surface area (Å²) in [4.78, 5) is 18.3. The minimum absolute atomic E-state index is 0.251. The van der Waals surface area contributed by atoms with E-state index in [1.807, 2.05) is 37.3 Å². The Kier molecular flexibility index (Phi) is 2.82. The van der Waals surface area contributed by atoms with Crippen molar-refractivity contribution in [3.05, 3.63) is 45.6 Å². The summed E-state index contributed by atoms with van der Waals surface area (Å²) in [6, 6.07) is 5.52. The zero-order valence-corrected chi connectivity index (χ0v) is 11.6. The molecular weight excluding hydrogens is 262 g/mol. The zero-order valence-electron chi connectivity index (χ0n) is 10.9. The molecule has 0 saturated carbocycles. The van der Waals surface area contributed by atoms with Gasteiger partial charge in [-0.05, 0) is 18.6 Å². The first kappa shape index (κ1) is 12.2. The number of fused-ring (bicyclic) bond motifs is 3. The average molecular weight is 276 g/mol. The van der Waals surface area contributed by atoms with Crippen LogP contribution in [0.5, 0.6) is 0 Å². The Morgan fingerprint density at radius 1 is 1.42 bits per heavy atom. The largest absolute Gasteiger partial charge is 0.383 e. The Morgan fingerprint density at radius 2 is 2.21 bits per heavy atom. The minimum Gasteiger partial charge on any atom is -0.383 e. The van der Waals surface area contributed by atoms with Crippen molar-refractivity contribution in [1.29, 1.82) is 0 Å². The fourth-order valence-corrected chi connectivity index (χ4v) is 2.78. The van der Waals surface area contributed by atoms with Gasteiger partial charge in [0.1, 0.15) is 5.82 Å². The molecule has 0 spiro atoms. The molecule has 0 saturated heterocycles. The van der Waals surface area contributed by atoms with Crippen molar-refractivity contribution in [3.63, 3.8) is 0 Å². The third-order valence-electron chi connectivity index (χ3n) is 3.27. The maximum Gasteiger partial charge on any atom is 0.282 e. The van der Waals surface area contributed by atoms with Crippen molar-refractivity contribution in [2.75, 3.05) is 14.1 Å². The summed E-state index contributed by atoms with van der Waals surface area (Å²) < 4.78 is 2.07. The van der Waals surface area contributed by atoms with Gasteiger partial charge in [0.05, 0.1) is 15.9 Å². The number of hydrogen-bond donors (Lipinski definition) is 0. The lowest BCUT2D eigenvalue weighted by Crippen LogP contribution is -2.15. The van der Waals surface area contributed by atoms with E-state index in [2.05, 4.69) is 9.55 Å². The van der Waals surface area contributed by atoms with Crippen LogP contribution in [0, 0.1) is 0 Å². The molecular formula is C14H14ClN3O. The van der Waals surface area contributed by atoms with E-state index >= 15 is 0 Å². The molecule has 1 aromatic carbocycles. The van der Waals surface area contributed by atoms with Crippen LogP contribution in [0.25, 0.3) is 16.5 Å². The first-order valence-corrected chi connectivity index (χ1v) is 6.52. The smallest absolute Gasteiger partial charge is 0.282 e. The van der Waals surface area contributed by atoms with E-state index in [0.717, 1.165) is 29.9 Å². The highest BCUT2D eigenvalue weighted by molar-refractivity contribution is 6.35. The summed E-state index contributed by atoms with van der Waals surface area (Å²) in [5.41, 5.74) is 1.70. The molecule has 0 atom stereocenters. The fourth-order valence-electron chi connectivity index (χ4n) is 2.53. The topological polar surface area (TPSA) is 38.1 Å². The lowest BCUT2D eigenvalue weighted by molar-refractivity contribution is 0.564. The predicted molar refractivity (Wildman–Crippen MR) is 77.3 cm³/mol. The van der Waals surface area contributed by atoms with Gasteiger partial charge in [-0.2, -0.15) is 4.98 Å². The van der Waals surface area contributed by atoms with Crippen LogP contribution in [0.15, 0.2) is 29.2 Å². The molecule has 4 nitrogen and oxygen atoms in total. The number of benzene rings is 1. The van der Waals surface area contributed by atoms with Crippen LogP contribution in [0.1, 0.15) is 12.2 Å². The number of rotatable bonds is 1. The van der Waals surface area contributed by atoms with Crippen LogP contribution in [-0.4, -0.2) is 28.5 Å². The molecule has 1 aliphatic rings. The van der Waals surface area contributed by atoms with Crippen molar-refractivity contribution in [3.8, 4) is 0 Å². The number of hydrogen-bond acceptors (Lipinski definition) is 3. The third-order valence-corrected chi connectivity index (χ3v) is 3.58. The molecule has 3 rings (SSSR count). The average Bonchev–Trinajstić information content (AvgIpc) is 2.72. The van der Waals surface area contributed by atoms with Crippen molar-refractivity contribution in [2.45, 2.75) is 13.0 Å². The van der Waals surface area contributed by atoms with Gasteiger partial charge in [0.2, 0.25) is 0 Å². The second kappa shape index (κ2) is 4.38. The maximum absolute atomic E-state index is 12.1. The van der Waals surface area contributed by atoms with Gasteiger partial charge in [-0.25, -0.2) is 0 Å². The molecule has 0 N–H and O–H groups in total. The second-order valence-electron chi connectivity index (χ2n) is 4.89. The number of halogens is 1. The highest BCUT2D eigenvalue weighted by Gasteiger charge is 2.21. The molecule has 0 radical (unpaired) electrons. The van der Waals surface area contributed by atoms with Crippen molar-refractivity contribution in [2.24, 2.45) is 0 Å². The zero-order chi connectivity index (χ0) is 13.6. The monoisotopic (exact) mass is 275 g/mol. The minimum atomic E-state index is -0.251. The van der Waals surface area contributed by atoms with E-state index in [4.69, 9.17) is 11.6 Å². The van der Waals surface area contributed by atoms with Crippen molar-refractivity contribution >= 4 is 28.1 Å². The molecule has 19 heavy (non-hydrogen) atoms. The molecule has 1 aliphatic heterocycles. The molecule has 1 aromatic heterocycles. The third kappa shape index (κ3) is 1.92. The van der Waals surface area contributed by atoms with E-state index in [0.29, 0.717) is 10.4 Å². The van der Waals surface area contributed by atoms with Gasteiger partial charge in [0.15, 0.2) is 0 Å². The van der Waals surface area contributed by atoms with Gasteiger partial charge in [-0.3, -0.25) is 4.79 Å². The molecule has 0 amide bonds.